The molecule has 0 saturated heterocycles. The molecule has 4 heteroatoms. The van der Waals surface area contributed by atoms with Crippen molar-refractivity contribution in [3.63, 3.8) is 0 Å². The van der Waals surface area contributed by atoms with Gasteiger partial charge in [-0.15, -0.1) is 0 Å². The third-order valence-electron chi connectivity index (χ3n) is 9.30. The topological polar surface area (TPSA) is 51.8 Å². The lowest BCUT2D eigenvalue weighted by Gasteiger charge is -2.14. The van der Waals surface area contributed by atoms with Gasteiger partial charge in [-0.3, -0.25) is 0 Å². The minimum Gasteiger partial charge on any atom is -0.455 e. The van der Waals surface area contributed by atoms with E-state index in [1.54, 1.807) is 0 Å². The molecule has 0 radical (unpaired) electrons. The lowest BCUT2D eigenvalue weighted by Crippen LogP contribution is -2.01. The fraction of sp³-hybridized carbons (Fsp3) is 0. The predicted molar refractivity (Wildman–Crippen MR) is 193 cm³/mol. The van der Waals surface area contributed by atoms with E-state index in [4.69, 9.17) is 19.4 Å². The number of aromatic nitrogens is 3. The standard InChI is InChI=1S/C43H25N3O/c1-2-12-28-24-29(21-20-26(28)10-1)41-44-42(36-18-9-17-35-34-16-7-8-19-39(34)47-40(35)36)46-43(45-41)38-25-37-30-13-4-3-11-27(30)22-23-33(37)31-14-5-6-15-32(31)38/h1-25H. The average molecular weight is 600 g/mol. The molecule has 10 aromatic rings. The molecular formula is C43H25N3O. The highest BCUT2D eigenvalue weighted by Crippen LogP contribution is 2.39. The van der Waals surface area contributed by atoms with Crippen molar-refractivity contribution >= 4 is 65.0 Å². The van der Waals surface area contributed by atoms with Gasteiger partial charge < -0.3 is 4.42 Å². The Bertz CT molecular complexity index is 2870. The van der Waals surface area contributed by atoms with Crippen molar-refractivity contribution in [1.82, 2.24) is 15.0 Å². The fourth-order valence-electron chi connectivity index (χ4n) is 7.04. The highest BCUT2D eigenvalue weighted by molar-refractivity contribution is 6.20. The SMILES string of the molecule is c1ccc2cc(-c3nc(-c4cc5c6ccccc6ccc5c5ccccc45)nc(-c4cccc5c4oc4ccccc45)n3)ccc2c1. The van der Waals surface area contributed by atoms with E-state index in [0.29, 0.717) is 17.5 Å². The summed E-state index contributed by atoms with van der Waals surface area (Å²) in [5.74, 6) is 1.81. The molecule has 0 unspecified atom stereocenters. The van der Waals surface area contributed by atoms with Gasteiger partial charge in [-0.05, 0) is 67.4 Å². The van der Waals surface area contributed by atoms with Crippen LogP contribution in [0.25, 0.3) is 99.2 Å². The van der Waals surface area contributed by atoms with Crippen molar-refractivity contribution in [3.8, 4) is 34.2 Å². The monoisotopic (exact) mass is 599 g/mol. The summed E-state index contributed by atoms with van der Waals surface area (Å²) < 4.78 is 6.46. The van der Waals surface area contributed by atoms with E-state index < -0.39 is 0 Å². The summed E-state index contributed by atoms with van der Waals surface area (Å²) in [6, 6.07) is 52.8. The second-order valence-corrected chi connectivity index (χ2v) is 12.0. The molecule has 2 heterocycles. The summed E-state index contributed by atoms with van der Waals surface area (Å²) in [5, 5.41) is 11.5. The van der Waals surface area contributed by atoms with Gasteiger partial charge in [0.05, 0.1) is 5.56 Å². The molecule has 0 bridgehead atoms. The molecule has 10 rings (SSSR count). The molecule has 0 aliphatic heterocycles. The van der Waals surface area contributed by atoms with E-state index in [-0.39, 0.29) is 0 Å². The van der Waals surface area contributed by atoms with Gasteiger partial charge in [-0.1, -0.05) is 127 Å². The summed E-state index contributed by atoms with van der Waals surface area (Å²) in [5.41, 5.74) is 4.34. The molecule has 218 valence electrons. The van der Waals surface area contributed by atoms with Crippen LogP contribution in [-0.4, -0.2) is 15.0 Å². The number of para-hydroxylation sites is 2. The van der Waals surface area contributed by atoms with Gasteiger partial charge in [0.2, 0.25) is 0 Å². The van der Waals surface area contributed by atoms with Crippen LogP contribution < -0.4 is 0 Å². The maximum atomic E-state index is 6.46. The maximum absolute atomic E-state index is 6.46. The van der Waals surface area contributed by atoms with Crippen molar-refractivity contribution in [2.45, 2.75) is 0 Å². The molecular weight excluding hydrogens is 574 g/mol. The van der Waals surface area contributed by atoms with E-state index in [1.807, 2.05) is 24.3 Å². The van der Waals surface area contributed by atoms with E-state index >= 15 is 0 Å². The van der Waals surface area contributed by atoms with Crippen LogP contribution in [0.1, 0.15) is 0 Å². The normalized spacial score (nSPS) is 11.8. The van der Waals surface area contributed by atoms with E-state index in [2.05, 4.69) is 127 Å². The van der Waals surface area contributed by atoms with E-state index in [1.165, 1.54) is 32.3 Å². The van der Waals surface area contributed by atoms with Gasteiger partial charge >= 0.3 is 0 Å². The molecule has 0 atom stereocenters. The Morgan fingerprint density at radius 2 is 0.957 bits per heavy atom. The van der Waals surface area contributed by atoms with E-state index in [9.17, 15) is 0 Å². The summed E-state index contributed by atoms with van der Waals surface area (Å²) in [6.45, 7) is 0. The molecule has 0 saturated carbocycles. The van der Waals surface area contributed by atoms with Crippen LogP contribution in [0.2, 0.25) is 0 Å². The van der Waals surface area contributed by atoms with Gasteiger partial charge in [0.25, 0.3) is 0 Å². The van der Waals surface area contributed by atoms with Crippen molar-refractivity contribution < 1.29 is 4.42 Å². The van der Waals surface area contributed by atoms with Crippen LogP contribution in [0, 0.1) is 0 Å². The summed E-state index contributed by atoms with van der Waals surface area (Å²) >= 11 is 0. The van der Waals surface area contributed by atoms with Crippen molar-refractivity contribution in [3.05, 3.63) is 152 Å². The van der Waals surface area contributed by atoms with Gasteiger partial charge in [-0.2, -0.15) is 0 Å². The van der Waals surface area contributed by atoms with Crippen LogP contribution in [-0.2, 0) is 0 Å². The zero-order chi connectivity index (χ0) is 30.9. The lowest BCUT2D eigenvalue weighted by molar-refractivity contribution is 0.669. The van der Waals surface area contributed by atoms with Gasteiger partial charge in [0.15, 0.2) is 17.5 Å². The number of hydrogen-bond donors (Lipinski definition) is 0. The maximum Gasteiger partial charge on any atom is 0.167 e. The molecule has 0 spiro atoms. The number of furan rings is 1. The zero-order valence-electron chi connectivity index (χ0n) is 25.2. The average Bonchev–Trinajstić information content (AvgIpc) is 3.53. The fourth-order valence-corrected chi connectivity index (χ4v) is 7.04. The number of nitrogens with zero attached hydrogens (tertiary/aromatic N) is 3. The van der Waals surface area contributed by atoms with Crippen molar-refractivity contribution in [1.29, 1.82) is 0 Å². The first-order chi connectivity index (χ1) is 23.3. The van der Waals surface area contributed by atoms with Crippen LogP contribution in [0.5, 0.6) is 0 Å². The lowest BCUT2D eigenvalue weighted by atomic mass is 9.93. The van der Waals surface area contributed by atoms with Gasteiger partial charge in [-0.25, -0.2) is 15.0 Å². The molecule has 0 aliphatic carbocycles. The first-order valence-corrected chi connectivity index (χ1v) is 15.8. The van der Waals surface area contributed by atoms with Gasteiger partial charge in [0, 0.05) is 21.9 Å². The Kier molecular flexibility index (Phi) is 5.54. The number of rotatable bonds is 3. The number of fused-ring (bicyclic) bond motifs is 9. The third-order valence-corrected chi connectivity index (χ3v) is 9.30. The molecule has 8 aromatic carbocycles. The Balaban J connectivity index is 1.30. The summed E-state index contributed by atoms with van der Waals surface area (Å²) in [7, 11) is 0. The summed E-state index contributed by atoms with van der Waals surface area (Å²) in [6.07, 6.45) is 0. The minimum atomic E-state index is 0.574. The second-order valence-electron chi connectivity index (χ2n) is 12.0. The van der Waals surface area contributed by atoms with E-state index in [0.717, 1.165) is 49.4 Å². The van der Waals surface area contributed by atoms with Crippen LogP contribution in [0.4, 0.5) is 0 Å². The molecule has 0 aliphatic rings. The van der Waals surface area contributed by atoms with Crippen LogP contribution in [0.15, 0.2) is 156 Å². The second kappa shape index (κ2) is 10.1. The minimum absolute atomic E-state index is 0.574. The Morgan fingerprint density at radius 3 is 1.83 bits per heavy atom. The van der Waals surface area contributed by atoms with Crippen molar-refractivity contribution in [2.75, 3.05) is 0 Å². The van der Waals surface area contributed by atoms with Crippen LogP contribution in [0.3, 0.4) is 0 Å². The highest BCUT2D eigenvalue weighted by Gasteiger charge is 2.20. The predicted octanol–water partition coefficient (Wildman–Crippen LogP) is 11.4. The molecule has 0 amide bonds. The number of hydrogen-bond acceptors (Lipinski definition) is 4. The molecule has 47 heavy (non-hydrogen) atoms. The van der Waals surface area contributed by atoms with Gasteiger partial charge in [0.1, 0.15) is 11.2 Å². The Morgan fingerprint density at radius 1 is 0.340 bits per heavy atom. The largest absolute Gasteiger partial charge is 0.455 e. The highest BCUT2D eigenvalue weighted by atomic mass is 16.3. The molecule has 0 N–H and O–H groups in total. The van der Waals surface area contributed by atoms with Crippen molar-refractivity contribution in [2.24, 2.45) is 0 Å². The Labute approximate surface area is 269 Å². The summed E-state index contributed by atoms with van der Waals surface area (Å²) in [4.78, 5) is 15.6. The number of benzene rings is 8. The molecule has 2 aromatic heterocycles. The quantitative estimate of drug-likeness (QED) is 0.190. The zero-order valence-corrected chi connectivity index (χ0v) is 25.2. The molecule has 4 nitrogen and oxygen atoms in total. The smallest absolute Gasteiger partial charge is 0.167 e. The first-order valence-electron chi connectivity index (χ1n) is 15.8. The Hall–Kier alpha value is -6.39. The van der Waals surface area contributed by atoms with Crippen LogP contribution >= 0.6 is 0 Å². The molecule has 0 fully saturated rings. The third kappa shape index (κ3) is 4.05. The first kappa shape index (κ1) is 25.9.